The Kier molecular flexibility index (Phi) is 4.79. The molecule has 1 aliphatic rings. The molecule has 2 unspecified atom stereocenters. The van der Waals surface area contributed by atoms with Crippen molar-refractivity contribution in [1.82, 2.24) is 0 Å². The standard InChI is InChI=1S/C30H28/c1-20-19-21(2)27-26(20)22(3)28(23-13-7-4-8-14-23)30(25-17-11-6-12-18-25)29(27)24-15-9-5-10-16-24/h4-18,20-21H,19H2,1-3H3. The summed E-state index contributed by atoms with van der Waals surface area (Å²) in [5.74, 6) is 1.15. The number of fused-ring (bicyclic) bond motifs is 1. The quantitative estimate of drug-likeness (QED) is 0.329. The zero-order valence-electron chi connectivity index (χ0n) is 18.0. The van der Waals surface area contributed by atoms with Gasteiger partial charge in [0.05, 0.1) is 0 Å². The zero-order valence-corrected chi connectivity index (χ0v) is 18.0. The van der Waals surface area contributed by atoms with Crippen molar-refractivity contribution < 1.29 is 0 Å². The van der Waals surface area contributed by atoms with Gasteiger partial charge in [0.15, 0.2) is 0 Å². The summed E-state index contributed by atoms with van der Waals surface area (Å²) < 4.78 is 0. The van der Waals surface area contributed by atoms with Gasteiger partial charge in [-0.05, 0) is 75.3 Å². The van der Waals surface area contributed by atoms with Crippen molar-refractivity contribution in [3.05, 3.63) is 108 Å². The summed E-state index contributed by atoms with van der Waals surface area (Å²) in [4.78, 5) is 0. The van der Waals surface area contributed by atoms with E-state index >= 15 is 0 Å². The molecule has 0 fully saturated rings. The van der Waals surface area contributed by atoms with Gasteiger partial charge < -0.3 is 0 Å². The summed E-state index contributed by atoms with van der Waals surface area (Å²) in [6, 6.07) is 32.9. The summed E-state index contributed by atoms with van der Waals surface area (Å²) in [5.41, 5.74) is 12.7. The lowest BCUT2D eigenvalue weighted by Crippen LogP contribution is -2.03. The van der Waals surface area contributed by atoms with Crippen LogP contribution in [0.2, 0.25) is 0 Å². The molecule has 0 bridgehead atoms. The van der Waals surface area contributed by atoms with Crippen LogP contribution in [0.4, 0.5) is 0 Å². The van der Waals surface area contributed by atoms with E-state index in [0.29, 0.717) is 11.8 Å². The third kappa shape index (κ3) is 2.99. The molecule has 4 aromatic carbocycles. The minimum Gasteiger partial charge on any atom is -0.0622 e. The molecule has 30 heavy (non-hydrogen) atoms. The first kappa shape index (κ1) is 18.9. The molecule has 0 radical (unpaired) electrons. The van der Waals surface area contributed by atoms with Crippen molar-refractivity contribution in [2.75, 3.05) is 0 Å². The second-order valence-corrected chi connectivity index (χ2v) is 8.71. The maximum Gasteiger partial charge on any atom is -0.00211 e. The summed E-state index contributed by atoms with van der Waals surface area (Å²) >= 11 is 0. The first-order valence-electron chi connectivity index (χ1n) is 11.0. The fourth-order valence-electron chi connectivity index (χ4n) is 5.60. The van der Waals surface area contributed by atoms with E-state index < -0.39 is 0 Å². The number of hydrogen-bond acceptors (Lipinski definition) is 0. The van der Waals surface area contributed by atoms with E-state index in [1.54, 1.807) is 11.1 Å². The molecule has 148 valence electrons. The molecule has 1 aliphatic carbocycles. The van der Waals surface area contributed by atoms with E-state index in [2.05, 4.69) is 112 Å². The molecule has 0 heteroatoms. The van der Waals surface area contributed by atoms with Gasteiger partial charge >= 0.3 is 0 Å². The Balaban J connectivity index is 1.99. The third-order valence-electron chi connectivity index (χ3n) is 6.72. The Bertz CT molecular complexity index is 1170. The Hall–Kier alpha value is -3.12. The maximum absolute atomic E-state index is 2.41. The molecule has 0 N–H and O–H groups in total. The van der Waals surface area contributed by atoms with Crippen LogP contribution < -0.4 is 0 Å². The van der Waals surface area contributed by atoms with E-state index in [1.165, 1.54) is 45.4 Å². The van der Waals surface area contributed by atoms with Crippen molar-refractivity contribution in [3.63, 3.8) is 0 Å². The largest absolute Gasteiger partial charge is 0.0622 e. The van der Waals surface area contributed by atoms with Crippen molar-refractivity contribution in [2.45, 2.75) is 39.0 Å². The maximum atomic E-state index is 2.41. The van der Waals surface area contributed by atoms with Gasteiger partial charge in [0.1, 0.15) is 0 Å². The molecule has 0 aliphatic heterocycles. The summed E-state index contributed by atoms with van der Waals surface area (Å²) in [7, 11) is 0. The third-order valence-corrected chi connectivity index (χ3v) is 6.72. The van der Waals surface area contributed by atoms with Crippen LogP contribution in [0.25, 0.3) is 33.4 Å². The fraction of sp³-hybridized carbons (Fsp3) is 0.200. The van der Waals surface area contributed by atoms with Crippen LogP contribution in [0, 0.1) is 6.92 Å². The van der Waals surface area contributed by atoms with Crippen LogP contribution in [0.1, 0.15) is 48.8 Å². The lowest BCUT2D eigenvalue weighted by molar-refractivity contribution is 0.660. The van der Waals surface area contributed by atoms with Gasteiger partial charge in [-0.3, -0.25) is 0 Å². The Morgan fingerprint density at radius 2 is 0.900 bits per heavy atom. The van der Waals surface area contributed by atoms with Crippen LogP contribution in [-0.2, 0) is 0 Å². The SMILES string of the molecule is Cc1c(-c2ccccc2)c(-c2ccccc2)c(-c2ccccc2)c2c1C(C)CC2C. The average Bonchev–Trinajstić information content (AvgIpc) is 3.09. The molecule has 0 spiro atoms. The van der Waals surface area contributed by atoms with Gasteiger partial charge in [-0.2, -0.15) is 0 Å². The van der Waals surface area contributed by atoms with Crippen LogP contribution in [-0.4, -0.2) is 0 Å². The highest BCUT2D eigenvalue weighted by Gasteiger charge is 2.34. The van der Waals surface area contributed by atoms with Crippen molar-refractivity contribution in [2.24, 2.45) is 0 Å². The minimum absolute atomic E-state index is 0.566. The molecule has 0 saturated carbocycles. The number of hydrogen-bond donors (Lipinski definition) is 0. The number of rotatable bonds is 3. The summed E-state index contributed by atoms with van der Waals surface area (Å²) in [6.45, 7) is 7.16. The van der Waals surface area contributed by atoms with Crippen LogP contribution >= 0.6 is 0 Å². The topological polar surface area (TPSA) is 0 Å². The summed E-state index contributed by atoms with van der Waals surface area (Å²) in [5, 5.41) is 0. The lowest BCUT2D eigenvalue weighted by atomic mass is 9.78. The minimum atomic E-state index is 0.566. The van der Waals surface area contributed by atoms with Crippen molar-refractivity contribution in [3.8, 4) is 33.4 Å². The average molecular weight is 389 g/mol. The van der Waals surface area contributed by atoms with Gasteiger partial charge in [0, 0.05) is 0 Å². The van der Waals surface area contributed by atoms with Crippen LogP contribution in [0.5, 0.6) is 0 Å². The highest BCUT2D eigenvalue weighted by atomic mass is 14.4. The fourth-order valence-corrected chi connectivity index (χ4v) is 5.60. The van der Waals surface area contributed by atoms with Crippen LogP contribution in [0.3, 0.4) is 0 Å². The predicted molar refractivity (Wildman–Crippen MR) is 129 cm³/mol. The second kappa shape index (κ2) is 7.61. The molecule has 4 aromatic rings. The summed E-state index contributed by atoms with van der Waals surface area (Å²) in [6.07, 6.45) is 1.22. The lowest BCUT2D eigenvalue weighted by Gasteiger charge is -2.25. The molecule has 0 nitrogen and oxygen atoms in total. The first-order chi connectivity index (χ1) is 14.7. The van der Waals surface area contributed by atoms with Crippen molar-refractivity contribution >= 4 is 0 Å². The van der Waals surface area contributed by atoms with Gasteiger partial charge in [-0.1, -0.05) is 105 Å². The molecule has 2 atom stereocenters. The van der Waals surface area contributed by atoms with Gasteiger partial charge in [0.2, 0.25) is 0 Å². The Labute approximate surface area is 180 Å². The van der Waals surface area contributed by atoms with E-state index in [9.17, 15) is 0 Å². The molecule has 0 heterocycles. The van der Waals surface area contributed by atoms with Crippen molar-refractivity contribution in [1.29, 1.82) is 0 Å². The highest BCUT2D eigenvalue weighted by Crippen LogP contribution is 2.54. The number of benzene rings is 4. The normalized spacial score (nSPS) is 17.7. The van der Waals surface area contributed by atoms with Crippen LogP contribution in [0.15, 0.2) is 91.0 Å². The predicted octanol–water partition coefficient (Wildman–Crippen LogP) is 8.61. The first-order valence-corrected chi connectivity index (χ1v) is 11.0. The molecular weight excluding hydrogens is 360 g/mol. The van der Waals surface area contributed by atoms with E-state index in [4.69, 9.17) is 0 Å². The van der Waals surface area contributed by atoms with E-state index in [-0.39, 0.29) is 0 Å². The van der Waals surface area contributed by atoms with Gasteiger partial charge in [0.25, 0.3) is 0 Å². The molecule has 0 amide bonds. The van der Waals surface area contributed by atoms with E-state index in [1.807, 2.05) is 0 Å². The van der Waals surface area contributed by atoms with Gasteiger partial charge in [-0.25, -0.2) is 0 Å². The molecule has 0 saturated heterocycles. The molecular formula is C30H28. The Morgan fingerprint density at radius 3 is 1.40 bits per heavy atom. The molecule has 5 rings (SSSR count). The smallest absolute Gasteiger partial charge is 0.00211 e. The second-order valence-electron chi connectivity index (χ2n) is 8.71. The van der Waals surface area contributed by atoms with E-state index in [0.717, 1.165) is 0 Å². The molecule has 0 aromatic heterocycles. The van der Waals surface area contributed by atoms with Gasteiger partial charge in [-0.15, -0.1) is 0 Å². The highest BCUT2D eigenvalue weighted by molar-refractivity contribution is 5.99. The monoisotopic (exact) mass is 388 g/mol. The Morgan fingerprint density at radius 1 is 0.500 bits per heavy atom. The zero-order chi connectivity index (χ0) is 20.7.